The SMILES string of the molecule is COC(C)OC.[CH2-]C.[CH2-]C.[Cl-].[Cl-].[Ni+2].[Zn+2]. The molecule has 0 radical (unpaired) electrons. The van der Waals surface area contributed by atoms with E-state index in [-0.39, 0.29) is 67.1 Å². The van der Waals surface area contributed by atoms with Crippen molar-refractivity contribution in [1.29, 1.82) is 0 Å². The quantitative estimate of drug-likeness (QED) is 0.292. The molecule has 0 aromatic carbocycles. The van der Waals surface area contributed by atoms with Gasteiger partial charge in [-0.05, 0) is 6.92 Å². The van der Waals surface area contributed by atoms with Gasteiger partial charge in [0.25, 0.3) is 0 Å². The maximum absolute atomic E-state index is 4.68. The third-order valence-electron chi connectivity index (χ3n) is 0.664. The number of hydrogen-bond donors (Lipinski definition) is 0. The first-order valence-electron chi connectivity index (χ1n) is 3.28. The average molecular weight is 343 g/mol. The van der Waals surface area contributed by atoms with Gasteiger partial charge in [-0.15, -0.1) is 0 Å². The van der Waals surface area contributed by atoms with Gasteiger partial charge in [-0.2, -0.15) is 13.8 Å². The predicted octanol–water partition coefficient (Wildman–Crippen LogP) is -3.69. The molecule has 2 nitrogen and oxygen atoms in total. The van der Waals surface area contributed by atoms with Gasteiger partial charge in [0.15, 0.2) is 6.29 Å². The minimum absolute atomic E-state index is 0. The van der Waals surface area contributed by atoms with E-state index in [2.05, 4.69) is 23.3 Å². The largest absolute Gasteiger partial charge is 2.00 e. The molecule has 0 spiro atoms. The molecule has 90 valence electrons. The summed E-state index contributed by atoms with van der Waals surface area (Å²) in [6, 6.07) is 0. The van der Waals surface area contributed by atoms with Gasteiger partial charge in [0.1, 0.15) is 0 Å². The van der Waals surface area contributed by atoms with Gasteiger partial charge >= 0.3 is 36.0 Å². The molecule has 0 rings (SSSR count). The number of halogens is 2. The third-order valence-corrected chi connectivity index (χ3v) is 0.664. The molecule has 0 saturated carbocycles. The molecule has 0 heterocycles. The molecule has 0 amide bonds. The van der Waals surface area contributed by atoms with Gasteiger partial charge < -0.3 is 48.1 Å². The van der Waals surface area contributed by atoms with E-state index in [0.29, 0.717) is 0 Å². The zero-order chi connectivity index (χ0) is 8.99. The number of hydrogen-bond acceptors (Lipinski definition) is 2. The second kappa shape index (κ2) is 61.9. The van der Waals surface area contributed by atoms with Crippen LogP contribution in [-0.4, -0.2) is 20.5 Å². The Morgan fingerprint density at radius 1 is 0.857 bits per heavy atom. The molecule has 0 unspecified atom stereocenters. The van der Waals surface area contributed by atoms with Crippen molar-refractivity contribution in [3.63, 3.8) is 0 Å². The third kappa shape index (κ3) is 68.7. The van der Waals surface area contributed by atoms with Crippen LogP contribution in [0, 0.1) is 13.8 Å². The van der Waals surface area contributed by atoms with E-state index in [4.69, 9.17) is 0 Å². The molecule has 0 N–H and O–H groups in total. The van der Waals surface area contributed by atoms with E-state index in [0.717, 1.165) is 0 Å². The minimum atomic E-state index is -0.0648. The topological polar surface area (TPSA) is 18.5 Å². The van der Waals surface area contributed by atoms with Crippen molar-refractivity contribution < 1.29 is 70.3 Å². The number of ether oxygens (including phenoxy) is 2. The van der Waals surface area contributed by atoms with E-state index >= 15 is 0 Å². The van der Waals surface area contributed by atoms with Crippen molar-refractivity contribution in [3.8, 4) is 0 Å². The van der Waals surface area contributed by atoms with Crippen molar-refractivity contribution in [2.45, 2.75) is 27.1 Å². The van der Waals surface area contributed by atoms with Crippen LogP contribution in [0.5, 0.6) is 0 Å². The van der Waals surface area contributed by atoms with Crippen molar-refractivity contribution >= 4 is 0 Å². The first kappa shape index (κ1) is 44.9. The van der Waals surface area contributed by atoms with Crippen LogP contribution in [0.4, 0.5) is 0 Å². The molecule has 0 aromatic rings. The Balaban J connectivity index is -0.0000000111. The van der Waals surface area contributed by atoms with Crippen LogP contribution < -0.4 is 24.8 Å². The van der Waals surface area contributed by atoms with Gasteiger partial charge in [-0.25, -0.2) is 0 Å². The van der Waals surface area contributed by atoms with Crippen LogP contribution in [0.15, 0.2) is 0 Å². The summed E-state index contributed by atoms with van der Waals surface area (Å²) in [5.41, 5.74) is 0. The molecule has 0 aliphatic rings. The van der Waals surface area contributed by atoms with Crippen LogP contribution in [0.2, 0.25) is 0 Å². The summed E-state index contributed by atoms with van der Waals surface area (Å²) in [5, 5.41) is 0. The standard InChI is InChI=1S/C4H10O2.2C2H5.2ClH.Ni.Zn/c1-4(5-2)6-3;2*1-2;;;;/h4H,1-3H3;2*1H2,2H3;2*1H;;/q;2*-1;;;2*+2/p-2. The first-order valence-corrected chi connectivity index (χ1v) is 3.28. The van der Waals surface area contributed by atoms with Crippen molar-refractivity contribution in [2.75, 3.05) is 14.2 Å². The Kier molecular flexibility index (Phi) is 199. The second-order valence-corrected chi connectivity index (χ2v) is 1.04. The van der Waals surface area contributed by atoms with Crippen LogP contribution in [0.3, 0.4) is 0 Å². The number of methoxy groups -OCH3 is 2. The van der Waals surface area contributed by atoms with Crippen molar-refractivity contribution in [1.82, 2.24) is 0 Å². The smallest absolute Gasteiger partial charge is 1.00 e. The molecule has 0 atom stereocenters. The summed E-state index contributed by atoms with van der Waals surface area (Å²) < 4.78 is 9.35. The molecule has 0 fully saturated rings. The van der Waals surface area contributed by atoms with Gasteiger partial charge in [0.2, 0.25) is 0 Å². The van der Waals surface area contributed by atoms with Crippen molar-refractivity contribution in [2.24, 2.45) is 0 Å². The predicted molar refractivity (Wildman–Crippen MR) is 45.5 cm³/mol. The maximum Gasteiger partial charge on any atom is 2.00 e. The minimum Gasteiger partial charge on any atom is -1.00 e. The Morgan fingerprint density at radius 2 is 1.00 bits per heavy atom. The van der Waals surface area contributed by atoms with E-state index in [1.165, 1.54) is 0 Å². The van der Waals surface area contributed by atoms with E-state index in [9.17, 15) is 0 Å². The molecule has 0 bridgehead atoms. The first-order chi connectivity index (χ1) is 4.81. The second-order valence-electron chi connectivity index (χ2n) is 1.04. The summed E-state index contributed by atoms with van der Waals surface area (Å²) in [6.45, 7) is 11.8. The van der Waals surface area contributed by atoms with Gasteiger partial charge in [0, 0.05) is 14.2 Å². The Labute approximate surface area is 125 Å². The summed E-state index contributed by atoms with van der Waals surface area (Å²) in [5.74, 6) is 0. The van der Waals surface area contributed by atoms with Gasteiger partial charge in [-0.1, -0.05) is 0 Å². The summed E-state index contributed by atoms with van der Waals surface area (Å²) in [6.07, 6.45) is -0.0648. The fourth-order valence-electron chi connectivity index (χ4n) is 0.0962. The van der Waals surface area contributed by atoms with Crippen LogP contribution in [-0.2, 0) is 45.4 Å². The van der Waals surface area contributed by atoms with Gasteiger partial charge in [0.05, 0.1) is 0 Å². The molecule has 14 heavy (non-hydrogen) atoms. The Morgan fingerprint density at radius 3 is 1.00 bits per heavy atom. The van der Waals surface area contributed by atoms with Gasteiger partial charge in [-0.3, -0.25) is 0 Å². The molecule has 0 saturated heterocycles. The van der Waals surface area contributed by atoms with Crippen LogP contribution in [0.1, 0.15) is 20.8 Å². The zero-order valence-corrected chi connectivity index (χ0v) is 15.1. The summed E-state index contributed by atoms with van der Waals surface area (Å²) >= 11 is 0. The Hall–Kier alpha value is 1.62. The van der Waals surface area contributed by atoms with Crippen LogP contribution >= 0.6 is 0 Å². The average Bonchev–Trinajstić information content (AvgIpc) is 2.10. The van der Waals surface area contributed by atoms with Crippen molar-refractivity contribution in [3.05, 3.63) is 13.8 Å². The molecular formula is C8H20Cl2NiO2Zn. The summed E-state index contributed by atoms with van der Waals surface area (Å²) in [7, 11) is 3.21. The number of rotatable bonds is 2. The Bertz CT molecular complexity index is 44.5. The summed E-state index contributed by atoms with van der Waals surface area (Å²) in [4.78, 5) is 0. The fraction of sp³-hybridized carbons (Fsp3) is 0.750. The fourth-order valence-corrected chi connectivity index (χ4v) is 0.0962. The molecule has 0 aromatic heterocycles. The zero-order valence-electron chi connectivity index (χ0n) is 9.59. The van der Waals surface area contributed by atoms with E-state index < -0.39 is 0 Å². The molecule has 6 heteroatoms. The molecule has 0 aliphatic heterocycles. The van der Waals surface area contributed by atoms with E-state index in [1.54, 1.807) is 28.1 Å². The van der Waals surface area contributed by atoms with E-state index in [1.807, 2.05) is 6.92 Å². The molecule has 0 aliphatic carbocycles. The monoisotopic (exact) mass is 340 g/mol. The maximum atomic E-state index is 4.68. The molecular weight excluding hydrogens is 323 g/mol. The normalized spacial score (nSPS) is 5.14. The van der Waals surface area contributed by atoms with Crippen LogP contribution in [0.25, 0.3) is 0 Å².